The molecule has 5 nitrogen and oxygen atoms in total. The molecular formula is C21H16ClF4N3O2. The highest BCUT2D eigenvalue weighted by molar-refractivity contribution is 6.31. The molecule has 2 N–H and O–H groups in total. The summed E-state index contributed by atoms with van der Waals surface area (Å²) < 4.78 is 53.2. The minimum atomic E-state index is -4.34. The summed E-state index contributed by atoms with van der Waals surface area (Å²) in [5.41, 5.74) is 1.25. The van der Waals surface area contributed by atoms with E-state index in [1.165, 1.54) is 23.1 Å². The highest BCUT2D eigenvalue weighted by atomic mass is 35.5. The number of nitrogens with one attached hydrogen (secondary N) is 2. The molecule has 4 atom stereocenters. The van der Waals surface area contributed by atoms with E-state index in [1.807, 2.05) is 0 Å². The second kappa shape index (κ2) is 6.85. The van der Waals surface area contributed by atoms with E-state index in [-0.39, 0.29) is 22.8 Å². The number of hydrogen-bond acceptors (Lipinski definition) is 2. The minimum Gasteiger partial charge on any atom is -0.341 e. The number of hydrogen-bond donors (Lipinski definition) is 2. The Morgan fingerprint density at radius 3 is 2.71 bits per heavy atom. The van der Waals surface area contributed by atoms with Gasteiger partial charge in [-0.05, 0) is 42.7 Å². The van der Waals surface area contributed by atoms with Gasteiger partial charge >= 0.3 is 12.2 Å². The first-order chi connectivity index (χ1) is 14.7. The van der Waals surface area contributed by atoms with E-state index < -0.39 is 47.9 Å². The molecule has 2 fully saturated rings. The van der Waals surface area contributed by atoms with Crippen molar-refractivity contribution in [3.63, 3.8) is 0 Å². The average molecular weight is 454 g/mol. The fraction of sp³-hybridized carbons (Fsp3) is 0.333. The number of likely N-dealkylation sites (tertiary alicyclic amines) is 1. The van der Waals surface area contributed by atoms with Gasteiger partial charge in [0.15, 0.2) is 0 Å². The monoisotopic (exact) mass is 453 g/mol. The minimum absolute atomic E-state index is 0.231. The van der Waals surface area contributed by atoms with Crippen molar-refractivity contribution in [3.05, 3.63) is 63.9 Å². The third kappa shape index (κ3) is 3.22. The zero-order chi connectivity index (χ0) is 22.1. The van der Waals surface area contributed by atoms with E-state index in [2.05, 4.69) is 10.6 Å². The molecule has 1 saturated heterocycles. The van der Waals surface area contributed by atoms with Crippen LogP contribution in [0.4, 0.5) is 28.0 Å². The van der Waals surface area contributed by atoms with Crippen LogP contribution in [-0.2, 0) is 0 Å². The Labute approximate surface area is 179 Å². The van der Waals surface area contributed by atoms with E-state index in [0.29, 0.717) is 17.5 Å². The van der Waals surface area contributed by atoms with Gasteiger partial charge in [0.05, 0.1) is 12.0 Å². The van der Waals surface area contributed by atoms with Crippen LogP contribution in [0.5, 0.6) is 0 Å². The first-order valence-electron chi connectivity index (χ1n) is 9.70. The summed E-state index contributed by atoms with van der Waals surface area (Å²) in [6.45, 7) is 0.235. The van der Waals surface area contributed by atoms with Gasteiger partial charge in [0.2, 0.25) is 0 Å². The average Bonchev–Trinajstić information content (AvgIpc) is 3.12. The van der Waals surface area contributed by atoms with Crippen molar-refractivity contribution in [3.8, 4) is 0 Å². The lowest BCUT2D eigenvalue weighted by molar-refractivity contribution is -0.156. The first kappa shape index (κ1) is 20.1. The van der Waals surface area contributed by atoms with Crippen molar-refractivity contribution in [1.82, 2.24) is 10.2 Å². The quantitative estimate of drug-likeness (QED) is 0.646. The van der Waals surface area contributed by atoms with Gasteiger partial charge in [0.25, 0.3) is 5.91 Å². The number of urea groups is 1. The maximum Gasteiger partial charge on any atom is 0.394 e. The lowest BCUT2D eigenvalue weighted by Gasteiger charge is -2.23. The molecule has 1 aliphatic carbocycles. The van der Waals surface area contributed by atoms with Crippen molar-refractivity contribution in [2.75, 3.05) is 11.9 Å². The Kier molecular flexibility index (Phi) is 4.44. The van der Waals surface area contributed by atoms with Crippen LogP contribution in [-0.4, -0.2) is 35.6 Å². The Morgan fingerprint density at radius 1 is 1.23 bits per heavy atom. The molecule has 3 unspecified atom stereocenters. The number of nitrogens with zero attached hydrogens (tertiary/aromatic N) is 1. The highest BCUT2D eigenvalue weighted by Crippen LogP contribution is 2.58. The summed E-state index contributed by atoms with van der Waals surface area (Å²) >= 11 is 6.22. The normalized spacial score (nSPS) is 26.4. The third-order valence-electron chi connectivity index (χ3n) is 6.25. The lowest BCUT2D eigenvalue weighted by atomic mass is 9.96. The largest absolute Gasteiger partial charge is 0.394 e. The fourth-order valence-corrected chi connectivity index (χ4v) is 5.09. The van der Waals surface area contributed by atoms with Crippen LogP contribution >= 0.6 is 11.6 Å². The number of anilines is 1. The summed E-state index contributed by atoms with van der Waals surface area (Å²) in [5.74, 6) is -3.01. The number of carbonyl (C=O) groups is 2. The molecule has 1 saturated carbocycles. The molecule has 3 amide bonds. The van der Waals surface area contributed by atoms with Crippen LogP contribution in [0.3, 0.4) is 0 Å². The van der Waals surface area contributed by atoms with Gasteiger partial charge in [0.1, 0.15) is 5.82 Å². The molecule has 3 aliphatic rings. The van der Waals surface area contributed by atoms with Gasteiger partial charge in [-0.3, -0.25) is 4.79 Å². The Hall–Kier alpha value is -2.81. The van der Waals surface area contributed by atoms with Crippen molar-refractivity contribution in [2.24, 2.45) is 11.8 Å². The lowest BCUT2D eigenvalue weighted by Crippen LogP contribution is -2.38. The fourth-order valence-electron chi connectivity index (χ4n) is 4.86. The van der Waals surface area contributed by atoms with Crippen molar-refractivity contribution < 1.29 is 27.2 Å². The topological polar surface area (TPSA) is 61.4 Å². The van der Waals surface area contributed by atoms with Gasteiger partial charge in [0, 0.05) is 40.0 Å². The zero-order valence-corrected chi connectivity index (χ0v) is 16.6. The van der Waals surface area contributed by atoms with Gasteiger partial charge in [-0.2, -0.15) is 13.2 Å². The summed E-state index contributed by atoms with van der Waals surface area (Å²) in [6.07, 6.45) is -4.03. The third-order valence-corrected chi connectivity index (χ3v) is 6.60. The number of piperidine rings is 1. The van der Waals surface area contributed by atoms with E-state index in [9.17, 15) is 27.2 Å². The van der Waals surface area contributed by atoms with Gasteiger partial charge in [-0.25, -0.2) is 9.18 Å². The van der Waals surface area contributed by atoms with Crippen molar-refractivity contribution in [2.45, 2.75) is 24.7 Å². The zero-order valence-electron chi connectivity index (χ0n) is 15.8. The summed E-state index contributed by atoms with van der Waals surface area (Å²) in [4.78, 5) is 26.5. The van der Waals surface area contributed by atoms with E-state index in [0.717, 1.165) is 0 Å². The molecule has 0 radical (unpaired) electrons. The molecule has 0 aromatic heterocycles. The molecular weight excluding hydrogens is 438 g/mol. The van der Waals surface area contributed by atoms with Crippen LogP contribution in [0.15, 0.2) is 36.4 Å². The molecule has 2 aromatic carbocycles. The second-order valence-corrected chi connectivity index (χ2v) is 8.38. The molecule has 2 aromatic rings. The van der Waals surface area contributed by atoms with E-state index >= 15 is 0 Å². The van der Waals surface area contributed by atoms with Crippen LogP contribution in [0, 0.1) is 17.7 Å². The molecule has 5 rings (SSSR count). The predicted octanol–water partition coefficient (Wildman–Crippen LogP) is 4.73. The van der Waals surface area contributed by atoms with E-state index in [4.69, 9.17) is 11.6 Å². The predicted molar refractivity (Wildman–Crippen MR) is 104 cm³/mol. The standard InChI is InChI=1S/C21H16ClF4N3O2/c22-13-5-4-9(23)8-12(13)17-15-10(19(30)28-17)2-1-3-14(15)27-20(31)29-7-6-11-16(18(11)29)21(24,25)26/h1-5,8,11,16-18H,6-7H2,(H,27,31)(H,28,30)/t11?,16-,17?,18?/m0/s1. The Bertz CT molecular complexity index is 1110. The number of benzene rings is 2. The van der Waals surface area contributed by atoms with Crippen molar-refractivity contribution in [1.29, 1.82) is 0 Å². The summed E-state index contributed by atoms with van der Waals surface area (Å²) in [6, 6.07) is 6.10. The maximum absolute atomic E-state index is 13.8. The van der Waals surface area contributed by atoms with Gasteiger partial charge in [-0.15, -0.1) is 0 Å². The molecule has 10 heteroatoms. The van der Waals surface area contributed by atoms with E-state index in [1.54, 1.807) is 18.2 Å². The number of rotatable bonds is 2. The highest BCUT2D eigenvalue weighted by Gasteiger charge is 2.69. The maximum atomic E-state index is 13.8. The SMILES string of the molecule is O=C1NC(c2cc(F)ccc2Cl)c2c(NC(=O)N3CCC4C3[C@H]4C(F)(F)F)cccc21. The number of carbonyl (C=O) groups excluding carboxylic acids is 2. The molecule has 31 heavy (non-hydrogen) atoms. The second-order valence-electron chi connectivity index (χ2n) is 7.97. The van der Waals surface area contributed by atoms with Crippen LogP contribution in [0.1, 0.15) is 33.9 Å². The van der Waals surface area contributed by atoms with Crippen molar-refractivity contribution >= 4 is 29.2 Å². The van der Waals surface area contributed by atoms with Gasteiger partial charge < -0.3 is 15.5 Å². The first-order valence-corrected chi connectivity index (χ1v) is 10.1. The summed E-state index contributed by atoms with van der Waals surface area (Å²) in [5, 5.41) is 5.62. The number of alkyl halides is 3. The van der Waals surface area contributed by atoms with Gasteiger partial charge in [-0.1, -0.05) is 17.7 Å². The summed E-state index contributed by atoms with van der Waals surface area (Å²) in [7, 11) is 0. The van der Waals surface area contributed by atoms with Crippen LogP contribution < -0.4 is 10.6 Å². The molecule has 0 spiro atoms. The Morgan fingerprint density at radius 2 is 2.00 bits per heavy atom. The smallest absolute Gasteiger partial charge is 0.341 e. The van der Waals surface area contributed by atoms with Crippen LogP contribution in [0.25, 0.3) is 0 Å². The molecule has 2 aliphatic heterocycles. The number of amides is 3. The Balaban J connectivity index is 1.45. The molecule has 2 heterocycles. The molecule has 0 bridgehead atoms. The number of halogens is 5. The number of fused-ring (bicyclic) bond motifs is 2. The molecule has 162 valence electrons. The van der Waals surface area contributed by atoms with Crippen LogP contribution in [0.2, 0.25) is 5.02 Å².